The molecule has 1 saturated heterocycles. The van der Waals surface area contributed by atoms with Crippen LogP contribution in [0, 0.1) is 0 Å². The van der Waals surface area contributed by atoms with Gasteiger partial charge in [0.1, 0.15) is 0 Å². The van der Waals surface area contributed by atoms with E-state index in [1.165, 1.54) is 6.92 Å². The van der Waals surface area contributed by atoms with E-state index in [0.29, 0.717) is 11.3 Å². The van der Waals surface area contributed by atoms with E-state index in [1.54, 1.807) is 24.3 Å². The van der Waals surface area contributed by atoms with E-state index >= 15 is 0 Å². The fourth-order valence-corrected chi connectivity index (χ4v) is 3.51. The van der Waals surface area contributed by atoms with Crippen LogP contribution >= 0.6 is 11.6 Å². The van der Waals surface area contributed by atoms with Crippen molar-refractivity contribution in [3.05, 3.63) is 59.1 Å². The van der Waals surface area contributed by atoms with E-state index in [2.05, 4.69) is 15.1 Å². The summed E-state index contributed by atoms with van der Waals surface area (Å²) in [6.07, 6.45) is 0. The molecule has 6 heteroatoms. The van der Waals surface area contributed by atoms with Crippen molar-refractivity contribution in [1.29, 1.82) is 0 Å². The smallest absolute Gasteiger partial charge is 0.241 e. The Bertz CT molecular complexity index is 814. The second kappa shape index (κ2) is 8.55. The molecule has 3 rings (SSSR count). The minimum atomic E-state index is -0.231. The number of halogens is 1. The van der Waals surface area contributed by atoms with Gasteiger partial charge in [-0.15, -0.1) is 0 Å². The minimum Gasteiger partial charge on any atom is -0.368 e. The molecule has 0 saturated carbocycles. The molecule has 0 radical (unpaired) electrons. The zero-order valence-corrected chi connectivity index (χ0v) is 16.4. The highest BCUT2D eigenvalue weighted by molar-refractivity contribution is 6.33. The van der Waals surface area contributed by atoms with Crippen molar-refractivity contribution in [2.24, 2.45) is 0 Å². The Kier molecular flexibility index (Phi) is 6.14. The highest BCUT2D eigenvalue weighted by atomic mass is 35.5. The van der Waals surface area contributed by atoms with E-state index in [4.69, 9.17) is 11.6 Å². The number of amides is 1. The third-order valence-electron chi connectivity index (χ3n) is 4.99. The first kappa shape index (κ1) is 19.4. The number of hydrogen-bond donors (Lipinski definition) is 1. The number of para-hydroxylation sites is 1. The van der Waals surface area contributed by atoms with Gasteiger partial charge in [0.25, 0.3) is 0 Å². The molecule has 1 N–H and O–H groups in total. The SMILES string of the molecule is CC(=O)c1ccc(NC(=O)[C@H](C)N2CCN(c3ccccc3Cl)CC2)cc1. The molecule has 1 amide bonds. The summed E-state index contributed by atoms with van der Waals surface area (Å²) in [5, 5.41) is 3.69. The van der Waals surface area contributed by atoms with Crippen LogP contribution in [0.4, 0.5) is 11.4 Å². The Morgan fingerprint density at radius 3 is 2.22 bits per heavy atom. The summed E-state index contributed by atoms with van der Waals surface area (Å²) in [5.41, 5.74) is 2.38. The zero-order valence-electron chi connectivity index (χ0n) is 15.6. The number of benzene rings is 2. The van der Waals surface area contributed by atoms with Crippen LogP contribution in [0.15, 0.2) is 48.5 Å². The van der Waals surface area contributed by atoms with Crippen molar-refractivity contribution in [1.82, 2.24) is 4.90 Å². The molecule has 0 aliphatic carbocycles. The molecule has 2 aromatic rings. The summed E-state index contributed by atoms with van der Waals surface area (Å²) in [4.78, 5) is 28.3. The Balaban J connectivity index is 1.55. The molecule has 5 nitrogen and oxygen atoms in total. The van der Waals surface area contributed by atoms with Crippen LogP contribution in [0.2, 0.25) is 5.02 Å². The predicted molar refractivity (Wildman–Crippen MR) is 110 cm³/mol. The van der Waals surface area contributed by atoms with Crippen molar-refractivity contribution in [2.75, 3.05) is 36.4 Å². The van der Waals surface area contributed by atoms with E-state index in [1.807, 2.05) is 31.2 Å². The summed E-state index contributed by atoms with van der Waals surface area (Å²) in [6, 6.07) is 14.6. The van der Waals surface area contributed by atoms with E-state index in [0.717, 1.165) is 36.9 Å². The van der Waals surface area contributed by atoms with Gasteiger partial charge in [-0.2, -0.15) is 0 Å². The van der Waals surface area contributed by atoms with Crippen LogP contribution in [0.5, 0.6) is 0 Å². The van der Waals surface area contributed by atoms with Gasteiger partial charge in [0.15, 0.2) is 5.78 Å². The molecule has 142 valence electrons. The number of hydrogen-bond acceptors (Lipinski definition) is 4. The average molecular weight is 386 g/mol. The van der Waals surface area contributed by atoms with Crippen LogP contribution in [0.3, 0.4) is 0 Å². The number of ketones is 1. The van der Waals surface area contributed by atoms with Gasteiger partial charge >= 0.3 is 0 Å². The maximum atomic E-state index is 12.6. The Morgan fingerprint density at radius 1 is 1.00 bits per heavy atom. The number of piperazine rings is 1. The van der Waals surface area contributed by atoms with Crippen molar-refractivity contribution >= 4 is 34.7 Å². The lowest BCUT2D eigenvalue weighted by molar-refractivity contribution is -0.120. The summed E-state index contributed by atoms with van der Waals surface area (Å²) < 4.78 is 0. The molecular formula is C21H24ClN3O2. The Morgan fingerprint density at radius 2 is 1.63 bits per heavy atom. The topological polar surface area (TPSA) is 52.7 Å². The lowest BCUT2D eigenvalue weighted by atomic mass is 10.1. The van der Waals surface area contributed by atoms with Crippen LogP contribution in [-0.4, -0.2) is 48.8 Å². The van der Waals surface area contributed by atoms with Gasteiger partial charge in [0.05, 0.1) is 16.8 Å². The van der Waals surface area contributed by atoms with Gasteiger partial charge in [-0.05, 0) is 50.2 Å². The second-order valence-electron chi connectivity index (χ2n) is 6.77. The molecule has 2 aromatic carbocycles. The van der Waals surface area contributed by atoms with Crippen LogP contribution in [0.25, 0.3) is 0 Å². The number of carbonyl (C=O) groups is 2. The minimum absolute atomic E-state index is 0.0117. The van der Waals surface area contributed by atoms with Crippen molar-refractivity contribution in [2.45, 2.75) is 19.9 Å². The highest BCUT2D eigenvalue weighted by Gasteiger charge is 2.26. The fraction of sp³-hybridized carbons (Fsp3) is 0.333. The number of anilines is 2. The predicted octanol–water partition coefficient (Wildman–Crippen LogP) is 3.69. The van der Waals surface area contributed by atoms with Crippen molar-refractivity contribution < 1.29 is 9.59 Å². The number of rotatable bonds is 5. The normalized spacial score (nSPS) is 16.0. The second-order valence-corrected chi connectivity index (χ2v) is 7.18. The lowest BCUT2D eigenvalue weighted by Gasteiger charge is -2.38. The molecule has 1 heterocycles. The molecule has 27 heavy (non-hydrogen) atoms. The molecule has 0 unspecified atom stereocenters. The zero-order chi connectivity index (χ0) is 19.4. The first-order valence-corrected chi connectivity index (χ1v) is 9.49. The van der Waals surface area contributed by atoms with Gasteiger partial charge in [-0.1, -0.05) is 23.7 Å². The summed E-state index contributed by atoms with van der Waals surface area (Å²) in [6.45, 7) is 6.69. The average Bonchev–Trinajstić information content (AvgIpc) is 2.68. The largest absolute Gasteiger partial charge is 0.368 e. The van der Waals surface area contributed by atoms with Crippen molar-refractivity contribution in [3.8, 4) is 0 Å². The molecule has 0 bridgehead atoms. The fourth-order valence-electron chi connectivity index (χ4n) is 3.26. The first-order chi connectivity index (χ1) is 13.0. The molecular weight excluding hydrogens is 362 g/mol. The maximum Gasteiger partial charge on any atom is 0.241 e. The van der Waals surface area contributed by atoms with Gasteiger partial charge in [0, 0.05) is 37.4 Å². The number of carbonyl (C=O) groups excluding carboxylic acids is 2. The summed E-state index contributed by atoms with van der Waals surface area (Å²) in [5.74, 6) is -0.0330. The monoisotopic (exact) mass is 385 g/mol. The van der Waals surface area contributed by atoms with Gasteiger partial charge < -0.3 is 10.2 Å². The standard InChI is InChI=1S/C21H24ClN3O2/c1-15(21(27)23-18-9-7-17(8-10-18)16(2)26)24-11-13-25(14-12-24)20-6-4-3-5-19(20)22/h3-10,15H,11-14H2,1-2H3,(H,23,27)/t15-/m0/s1. The number of nitrogens with zero attached hydrogens (tertiary/aromatic N) is 2. The number of nitrogens with one attached hydrogen (secondary N) is 1. The lowest BCUT2D eigenvalue weighted by Crippen LogP contribution is -2.52. The number of Topliss-reactive ketones (excluding diaryl/α,β-unsaturated/α-hetero) is 1. The molecule has 1 atom stereocenters. The highest BCUT2D eigenvalue weighted by Crippen LogP contribution is 2.26. The van der Waals surface area contributed by atoms with Crippen LogP contribution in [0.1, 0.15) is 24.2 Å². The van der Waals surface area contributed by atoms with Gasteiger partial charge in [-0.25, -0.2) is 0 Å². The summed E-state index contributed by atoms with van der Waals surface area (Å²) in [7, 11) is 0. The van der Waals surface area contributed by atoms with Crippen LogP contribution in [-0.2, 0) is 4.79 Å². The third-order valence-corrected chi connectivity index (χ3v) is 5.31. The quantitative estimate of drug-likeness (QED) is 0.797. The molecule has 0 aromatic heterocycles. The summed E-state index contributed by atoms with van der Waals surface area (Å²) >= 11 is 6.29. The molecule has 1 fully saturated rings. The van der Waals surface area contributed by atoms with Crippen LogP contribution < -0.4 is 10.2 Å². The van der Waals surface area contributed by atoms with E-state index in [-0.39, 0.29) is 17.7 Å². The molecule has 1 aliphatic rings. The van der Waals surface area contributed by atoms with Crippen molar-refractivity contribution in [3.63, 3.8) is 0 Å². The van der Waals surface area contributed by atoms with Gasteiger partial charge in [-0.3, -0.25) is 14.5 Å². The first-order valence-electron chi connectivity index (χ1n) is 9.11. The Labute approximate surface area is 164 Å². The molecule has 0 spiro atoms. The Hall–Kier alpha value is -2.37. The maximum absolute atomic E-state index is 12.6. The van der Waals surface area contributed by atoms with E-state index in [9.17, 15) is 9.59 Å². The van der Waals surface area contributed by atoms with Gasteiger partial charge in [0.2, 0.25) is 5.91 Å². The molecule has 1 aliphatic heterocycles. The third kappa shape index (κ3) is 4.67. The van der Waals surface area contributed by atoms with E-state index < -0.39 is 0 Å².